The zero-order chi connectivity index (χ0) is 23.1. The van der Waals surface area contributed by atoms with Crippen LogP contribution in [0.2, 0.25) is 0 Å². The lowest BCUT2D eigenvalue weighted by Gasteiger charge is -2.12. The Hall–Kier alpha value is -3.65. The van der Waals surface area contributed by atoms with Gasteiger partial charge in [-0.3, -0.25) is 19.4 Å². The molecule has 0 radical (unpaired) electrons. The maximum absolute atomic E-state index is 12.3. The Kier molecular flexibility index (Phi) is 7.27. The van der Waals surface area contributed by atoms with Gasteiger partial charge in [-0.05, 0) is 47.5 Å². The van der Waals surface area contributed by atoms with Crippen molar-refractivity contribution in [3.63, 3.8) is 0 Å². The van der Waals surface area contributed by atoms with Gasteiger partial charge in [0.1, 0.15) is 18.1 Å². The first-order chi connectivity index (χ1) is 15.2. The number of nitrogens with two attached hydrogens (primary N) is 1. The molecule has 3 aromatic rings. The maximum atomic E-state index is 12.3. The molecule has 0 spiro atoms. The first-order valence-corrected chi connectivity index (χ1v) is 11.0. The number of primary amides is 1. The van der Waals surface area contributed by atoms with E-state index < -0.39 is 19.6 Å². The molecule has 0 aromatic heterocycles. The summed E-state index contributed by atoms with van der Waals surface area (Å²) >= 11 is 0. The molecule has 2 amide bonds. The summed E-state index contributed by atoms with van der Waals surface area (Å²) in [4.78, 5) is 41.8. The quantitative estimate of drug-likeness (QED) is 0.362. The van der Waals surface area contributed by atoms with Crippen LogP contribution in [0, 0.1) is 0 Å². The van der Waals surface area contributed by atoms with Gasteiger partial charge in [-0.1, -0.05) is 36.4 Å². The van der Waals surface area contributed by atoms with Crippen LogP contribution in [0.4, 0.5) is 0 Å². The van der Waals surface area contributed by atoms with Crippen LogP contribution >= 0.6 is 7.82 Å². The highest BCUT2D eigenvalue weighted by molar-refractivity contribution is 7.46. The van der Waals surface area contributed by atoms with E-state index in [2.05, 4.69) is 9.84 Å². The van der Waals surface area contributed by atoms with Gasteiger partial charge in [0, 0.05) is 12.1 Å². The van der Waals surface area contributed by atoms with Gasteiger partial charge in [0.15, 0.2) is 0 Å². The van der Waals surface area contributed by atoms with E-state index in [9.17, 15) is 14.2 Å². The second-order valence-corrected chi connectivity index (χ2v) is 7.92. The molecule has 0 aliphatic heterocycles. The van der Waals surface area contributed by atoms with E-state index in [1.807, 2.05) is 30.3 Å². The summed E-state index contributed by atoms with van der Waals surface area (Å²) in [5.74, 6) is -0.788. The van der Waals surface area contributed by atoms with Gasteiger partial charge in [0.05, 0.1) is 5.56 Å². The Labute approximate surface area is 184 Å². The highest BCUT2D eigenvalue weighted by Gasteiger charge is 2.16. The molecule has 0 fully saturated rings. The molecule has 10 heteroatoms. The van der Waals surface area contributed by atoms with Crippen molar-refractivity contribution in [2.24, 2.45) is 5.73 Å². The normalized spacial score (nSPS) is 10.9. The second kappa shape index (κ2) is 10.1. The molecule has 0 bridgehead atoms. The number of hydrogen-bond donors (Lipinski definition) is 4. The molecule has 0 heterocycles. The van der Waals surface area contributed by atoms with Gasteiger partial charge in [-0.15, -0.1) is 0 Å². The van der Waals surface area contributed by atoms with Crippen molar-refractivity contribution in [2.45, 2.75) is 13.2 Å². The fourth-order valence-electron chi connectivity index (χ4n) is 2.83. The zero-order valence-electron chi connectivity index (χ0n) is 16.8. The largest absolute Gasteiger partial charge is 0.524 e. The summed E-state index contributed by atoms with van der Waals surface area (Å²) < 4.78 is 21.0. The van der Waals surface area contributed by atoms with Crippen molar-refractivity contribution >= 4 is 19.6 Å². The first kappa shape index (κ1) is 23.0. The van der Waals surface area contributed by atoms with E-state index >= 15 is 0 Å². The Balaban J connectivity index is 1.63. The highest BCUT2D eigenvalue weighted by atomic mass is 31.2. The maximum Gasteiger partial charge on any atom is 0.524 e. The van der Waals surface area contributed by atoms with Crippen LogP contribution in [0.1, 0.15) is 31.8 Å². The molecule has 3 rings (SSSR count). The summed E-state index contributed by atoms with van der Waals surface area (Å²) in [6, 6.07) is 19.7. The summed E-state index contributed by atoms with van der Waals surface area (Å²) in [5, 5.41) is 2.70. The van der Waals surface area contributed by atoms with Crippen LogP contribution in [-0.2, 0) is 17.7 Å². The lowest BCUT2D eigenvalue weighted by atomic mass is 10.1. The summed E-state index contributed by atoms with van der Waals surface area (Å²) in [6.45, 7) is 0.401. The van der Waals surface area contributed by atoms with E-state index in [0.717, 1.165) is 5.56 Å². The SMILES string of the molecule is NC(=O)c1cc(CNC(=O)c2ccc(OP(=O)(O)O)cc2)ccc1OCc1ccccc1. The number of hydrogen-bond acceptors (Lipinski definition) is 5. The molecule has 9 nitrogen and oxygen atoms in total. The first-order valence-electron chi connectivity index (χ1n) is 9.44. The third-order valence-electron chi connectivity index (χ3n) is 4.34. The van der Waals surface area contributed by atoms with E-state index in [1.54, 1.807) is 18.2 Å². The van der Waals surface area contributed by atoms with E-state index in [0.29, 0.717) is 11.3 Å². The number of carbonyl (C=O) groups is 2. The molecule has 0 atom stereocenters. The molecule has 166 valence electrons. The molecular formula is C22H21N2O7P. The van der Waals surface area contributed by atoms with Crippen molar-refractivity contribution in [2.75, 3.05) is 0 Å². The van der Waals surface area contributed by atoms with Crippen molar-refractivity contribution in [1.29, 1.82) is 0 Å². The Bertz CT molecular complexity index is 1140. The molecular weight excluding hydrogens is 435 g/mol. The number of rotatable bonds is 9. The minimum absolute atomic E-state index is 0.0629. The van der Waals surface area contributed by atoms with Crippen LogP contribution in [0.25, 0.3) is 0 Å². The summed E-state index contributed by atoms with van der Waals surface area (Å²) in [7, 11) is -4.67. The van der Waals surface area contributed by atoms with Crippen LogP contribution in [0.15, 0.2) is 72.8 Å². The summed E-state index contributed by atoms with van der Waals surface area (Å²) in [5.41, 5.74) is 7.53. The lowest BCUT2D eigenvalue weighted by molar-refractivity contribution is 0.0950. The Morgan fingerprint density at radius 3 is 2.25 bits per heavy atom. The van der Waals surface area contributed by atoms with Crippen molar-refractivity contribution < 1.29 is 33.2 Å². The molecule has 5 N–H and O–H groups in total. The topological polar surface area (TPSA) is 148 Å². The highest BCUT2D eigenvalue weighted by Crippen LogP contribution is 2.37. The van der Waals surface area contributed by atoms with E-state index in [4.69, 9.17) is 20.3 Å². The van der Waals surface area contributed by atoms with Gasteiger partial charge < -0.3 is 20.3 Å². The third kappa shape index (κ3) is 6.68. The predicted octanol–water partition coefficient (Wildman–Crippen LogP) is 2.77. The van der Waals surface area contributed by atoms with Gasteiger partial charge in [0.2, 0.25) is 0 Å². The Morgan fingerprint density at radius 1 is 0.938 bits per heavy atom. The van der Waals surface area contributed by atoms with Crippen molar-refractivity contribution in [1.82, 2.24) is 5.32 Å². The fourth-order valence-corrected chi connectivity index (χ4v) is 3.23. The monoisotopic (exact) mass is 456 g/mol. The molecule has 32 heavy (non-hydrogen) atoms. The minimum atomic E-state index is -4.67. The molecule has 3 aromatic carbocycles. The van der Waals surface area contributed by atoms with Crippen molar-refractivity contribution in [3.8, 4) is 11.5 Å². The lowest BCUT2D eigenvalue weighted by Crippen LogP contribution is -2.23. The van der Waals surface area contributed by atoms with Crippen LogP contribution in [-0.4, -0.2) is 21.6 Å². The summed E-state index contributed by atoms with van der Waals surface area (Å²) in [6.07, 6.45) is 0. The van der Waals surface area contributed by atoms with Crippen LogP contribution < -0.4 is 20.3 Å². The number of amides is 2. The van der Waals surface area contributed by atoms with Crippen molar-refractivity contribution in [3.05, 3.63) is 95.1 Å². The molecule has 0 unspecified atom stereocenters. The zero-order valence-corrected chi connectivity index (χ0v) is 17.7. The predicted molar refractivity (Wildman–Crippen MR) is 116 cm³/mol. The number of ether oxygens (including phenoxy) is 1. The van der Waals surface area contributed by atoms with Gasteiger partial charge >= 0.3 is 7.82 Å². The second-order valence-electron chi connectivity index (χ2n) is 6.76. The third-order valence-corrected chi connectivity index (χ3v) is 4.79. The van der Waals surface area contributed by atoms with Gasteiger partial charge in [0.25, 0.3) is 11.8 Å². The van der Waals surface area contributed by atoms with Gasteiger partial charge in [-0.2, -0.15) is 0 Å². The molecule has 0 aliphatic rings. The molecule has 0 saturated heterocycles. The number of nitrogens with one attached hydrogen (secondary N) is 1. The number of phosphoric ester groups is 1. The molecule has 0 aliphatic carbocycles. The van der Waals surface area contributed by atoms with E-state index in [1.165, 1.54) is 24.3 Å². The van der Waals surface area contributed by atoms with Crippen LogP contribution in [0.5, 0.6) is 11.5 Å². The fraction of sp³-hybridized carbons (Fsp3) is 0.0909. The van der Waals surface area contributed by atoms with E-state index in [-0.39, 0.29) is 30.0 Å². The number of carbonyl (C=O) groups excluding carboxylic acids is 2. The smallest absolute Gasteiger partial charge is 0.488 e. The standard InChI is InChI=1S/C22H21N2O7P/c23-21(25)19-12-16(6-11-20(19)30-14-15-4-2-1-3-5-15)13-24-22(26)17-7-9-18(10-8-17)31-32(27,28)29/h1-12H,13-14H2,(H2,23,25)(H,24,26)(H2,27,28,29). The molecule has 0 saturated carbocycles. The number of phosphoric acid groups is 1. The van der Waals surface area contributed by atoms with Crippen LogP contribution in [0.3, 0.4) is 0 Å². The minimum Gasteiger partial charge on any atom is -0.488 e. The average Bonchev–Trinajstić information content (AvgIpc) is 2.76. The Morgan fingerprint density at radius 2 is 1.62 bits per heavy atom. The van der Waals surface area contributed by atoms with Gasteiger partial charge in [-0.25, -0.2) is 4.57 Å². The number of benzene rings is 3. The average molecular weight is 456 g/mol.